The standard InChI is InChI=1S/C13H21N3O4S/c1-8(2)12(13(17)20-4)16-11-7-9(5-6-10(11)14)21(18,19)15-3/h5-8,12,15-16H,14H2,1-4H3. The highest BCUT2D eigenvalue weighted by Gasteiger charge is 2.24. The number of ether oxygens (including phenoxy) is 1. The molecule has 1 rings (SSSR count). The summed E-state index contributed by atoms with van der Waals surface area (Å²) in [4.78, 5) is 11.8. The number of nitrogens with two attached hydrogens (primary N) is 1. The van der Waals surface area contributed by atoms with Gasteiger partial charge in [-0.15, -0.1) is 0 Å². The second-order valence-corrected chi connectivity index (χ2v) is 6.73. The van der Waals surface area contributed by atoms with E-state index in [1.54, 1.807) is 0 Å². The molecule has 7 nitrogen and oxygen atoms in total. The Labute approximate surface area is 124 Å². The molecule has 1 unspecified atom stereocenters. The lowest BCUT2D eigenvalue weighted by Crippen LogP contribution is -2.35. The Kier molecular flexibility index (Phi) is 5.56. The van der Waals surface area contributed by atoms with Crippen molar-refractivity contribution < 1.29 is 17.9 Å². The lowest BCUT2D eigenvalue weighted by molar-refractivity contribution is -0.142. The summed E-state index contributed by atoms with van der Waals surface area (Å²) in [6, 6.07) is 3.64. The van der Waals surface area contributed by atoms with E-state index in [0.717, 1.165) is 0 Å². The van der Waals surface area contributed by atoms with Crippen LogP contribution in [0.5, 0.6) is 0 Å². The van der Waals surface area contributed by atoms with Crippen molar-refractivity contribution in [1.82, 2.24) is 4.72 Å². The minimum atomic E-state index is -3.58. The molecule has 1 atom stereocenters. The molecule has 0 radical (unpaired) electrons. The molecule has 118 valence electrons. The number of carbonyl (C=O) groups is 1. The summed E-state index contributed by atoms with van der Waals surface area (Å²) in [5.74, 6) is -0.493. The van der Waals surface area contributed by atoms with E-state index >= 15 is 0 Å². The first-order valence-corrected chi connectivity index (χ1v) is 7.88. The monoisotopic (exact) mass is 315 g/mol. The van der Waals surface area contributed by atoms with Crippen molar-refractivity contribution in [1.29, 1.82) is 0 Å². The van der Waals surface area contributed by atoms with E-state index in [0.29, 0.717) is 11.4 Å². The normalized spacial score (nSPS) is 13.0. The third-order valence-corrected chi connectivity index (χ3v) is 4.45. The molecule has 0 saturated heterocycles. The van der Waals surface area contributed by atoms with Crippen molar-refractivity contribution in [3.05, 3.63) is 18.2 Å². The summed E-state index contributed by atoms with van der Waals surface area (Å²) in [5, 5.41) is 2.94. The molecule has 0 aliphatic rings. The summed E-state index contributed by atoms with van der Waals surface area (Å²) in [5.41, 5.74) is 6.55. The first-order valence-electron chi connectivity index (χ1n) is 6.40. The first kappa shape index (κ1) is 17.3. The molecule has 1 aromatic rings. The van der Waals surface area contributed by atoms with E-state index in [-0.39, 0.29) is 10.8 Å². The van der Waals surface area contributed by atoms with Crippen LogP contribution >= 0.6 is 0 Å². The van der Waals surface area contributed by atoms with Crippen molar-refractivity contribution in [3.63, 3.8) is 0 Å². The Morgan fingerprint density at radius 2 is 1.95 bits per heavy atom. The Morgan fingerprint density at radius 1 is 1.33 bits per heavy atom. The summed E-state index contributed by atoms with van der Waals surface area (Å²) in [6.07, 6.45) is 0. The number of rotatable bonds is 6. The third kappa shape index (κ3) is 4.08. The van der Waals surface area contributed by atoms with Gasteiger partial charge in [-0.05, 0) is 31.2 Å². The van der Waals surface area contributed by atoms with Crippen LogP contribution in [0.25, 0.3) is 0 Å². The number of carbonyl (C=O) groups excluding carboxylic acids is 1. The van der Waals surface area contributed by atoms with Crippen LogP contribution in [-0.2, 0) is 19.6 Å². The fourth-order valence-corrected chi connectivity index (χ4v) is 2.49. The van der Waals surface area contributed by atoms with Crippen molar-refractivity contribution in [2.24, 2.45) is 5.92 Å². The van der Waals surface area contributed by atoms with Gasteiger partial charge in [-0.25, -0.2) is 17.9 Å². The Morgan fingerprint density at radius 3 is 2.43 bits per heavy atom. The van der Waals surface area contributed by atoms with Gasteiger partial charge in [-0.3, -0.25) is 0 Å². The van der Waals surface area contributed by atoms with Gasteiger partial charge in [0.25, 0.3) is 0 Å². The lowest BCUT2D eigenvalue weighted by Gasteiger charge is -2.22. The Hall–Kier alpha value is -1.80. The zero-order valence-electron chi connectivity index (χ0n) is 12.5. The van der Waals surface area contributed by atoms with E-state index in [2.05, 4.69) is 10.0 Å². The minimum Gasteiger partial charge on any atom is -0.467 e. The van der Waals surface area contributed by atoms with Gasteiger partial charge in [0.1, 0.15) is 6.04 Å². The molecule has 0 bridgehead atoms. The summed E-state index contributed by atoms with van der Waals surface area (Å²) >= 11 is 0. The molecule has 0 aromatic heterocycles. The SMILES string of the molecule is CNS(=O)(=O)c1ccc(N)c(NC(C(=O)OC)C(C)C)c1. The van der Waals surface area contributed by atoms with Crippen molar-refractivity contribution in [2.45, 2.75) is 24.8 Å². The highest BCUT2D eigenvalue weighted by molar-refractivity contribution is 7.89. The zero-order chi connectivity index (χ0) is 16.2. The Bertz CT molecular complexity index is 614. The highest BCUT2D eigenvalue weighted by atomic mass is 32.2. The topological polar surface area (TPSA) is 111 Å². The fraction of sp³-hybridized carbons (Fsp3) is 0.462. The third-order valence-electron chi connectivity index (χ3n) is 3.04. The second-order valence-electron chi connectivity index (χ2n) is 4.85. The van der Waals surface area contributed by atoms with E-state index in [1.165, 1.54) is 32.4 Å². The molecule has 0 fully saturated rings. The summed E-state index contributed by atoms with van der Waals surface area (Å²) in [6.45, 7) is 3.69. The van der Waals surface area contributed by atoms with Gasteiger partial charge >= 0.3 is 5.97 Å². The average Bonchev–Trinajstić information content (AvgIpc) is 2.44. The summed E-state index contributed by atoms with van der Waals surface area (Å²) < 4.78 is 30.6. The van der Waals surface area contributed by atoms with Crippen LogP contribution in [0.2, 0.25) is 0 Å². The molecule has 1 aromatic carbocycles. The second kappa shape index (κ2) is 6.77. The van der Waals surface area contributed by atoms with Crippen LogP contribution in [-0.4, -0.2) is 34.6 Å². The number of sulfonamides is 1. The predicted octanol–water partition coefficient (Wildman–Crippen LogP) is 0.786. The quantitative estimate of drug-likeness (QED) is 0.528. The number of nitrogen functional groups attached to an aromatic ring is 1. The van der Waals surface area contributed by atoms with Gasteiger partial charge in [0, 0.05) is 0 Å². The molecule has 0 amide bonds. The molecular formula is C13H21N3O4S. The van der Waals surface area contributed by atoms with Crippen molar-refractivity contribution in [3.8, 4) is 0 Å². The van der Waals surface area contributed by atoms with E-state index < -0.39 is 22.0 Å². The number of esters is 1. The maximum absolute atomic E-state index is 11.8. The molecule has 0 aliphatic heterocycles. The van der Waals surface area contributed by atoms with E-state index in [9.17, 15) is 13.2 Å². The number of hydrogen-bond acceptors (Lipinski definition) is 6. The highest BCUT2D eigenvalue weighted by Crippen LogP contribution is 2.25. The number of methoxy groups -OCH3 is 1. The molecule has 0 saturated carbocycles. The largest absolute Gasteiger partial charge is 0.467 e. The van der Waals surface area contributed by atoms with Gasteiger partial charge in [0.15, 0.2) is 0 Å². The number of anilines is 2. The fourth-order valence-electron chi connectivity index (χ4n) is 1.74. The van der Waals surface area contributed by atoms with Crippen LogP contribution in [0.3, 0.4) is 0 Å². The van der Waals surface area contributed by atoms with Gasteiger partial charge < -0.3 is 15.8 Å². The Balaban J connectivity index is 3.18. The van der Waals surface area contributed by atoms with Crippen LogP contribution in [0.1, 0.15) is 13.8 Å². The maximum Gasteiger partial charge on any atom is 0.328 e. The first-order chi connectivity index (χ1) is 9.72. The molecule has 0 aliphatic carbocycles. The summed E-state index contributed by atoms with van der Waals surface area (Å²) in [7, 11) is -0.961. The molecule has 8 heteroatoms. The maximum atomic E-state index is 11.8. The van der Waals surface area contributed by atoms with Crippen molar-refractivity contribution >= 4 is 27.4 Å². The molecule has 4 N–H and O–H groups in total. The minimum absolute atomic E-state index is 0.0542. The smallest absolute Gasteiger partial charge is 0.328 e. The molecule has 0 spiro atoms. The average molecular weight is 315 g/mol. The van der Waals surface area contributed by atoms with Gasteiger partial charge in [0.2, 0.25) is 10.0 Å². The lowest BCUT2D eigenvalue weighted by atomic mass is 10.0. The van der Waals surface area contributed by atoms with Crippen LogP contribution in [0.15, 0.2) is 23.1 Å². The molecular weight excluding hydrogens is 294 g/mol. The van der Waals surface area contributed by atoms with Gasteiger partial charge in [0.05, 0.1) is 23.4 Å². The van der Waals surface area contributed by atoms with Crippen molar-refractivity contribution in [2.75, 3.05) is 25.2 Å². The number of nitrogens with one attached hydrogen (secondary N) is 2. The zero-order valence-corrected chi connectivity index (χ0v) is 13.3. The number of hydrogen-bond donors (Lipinski definition) is 3. The van der Waals surface area contributed by atoms with E-state index in [4.69, 9.17) is 10.5 Å². The van der Waals surface area contributed by atoms with Gasteiger partial charge in [-0.1, -0.05) is 13.8 Å². The number of benzene rings is 1. The van der Waals surface area contributed by atoms with Gasteiger partial charge in [-0.2, -0.15) is 0 Å². The van der Waals surface area contributed by atoms with Crippen LogP contribution < -0.4 is 15.8 Å². The van der Waals surface area contributed by atoms with E-state index in [1.807, 2.05) is 13.8 Å². The molecule has 21 heavy (non-hydrogen) atoms. The predicted molar refractivity (Wildman–Crippen MR) is 81.4 cm³/mol. The van der Waals surface area contributed by atoms with Crippen LogP contribution in [0, 0.1) is 5.92 Å². The van der Waals surface area contributed by atoms with Crippen LogP contribution in [0.4, 0.5) is 11.4 Å². The molecule has 0 heterocycles.